The molecule has 23 heavy (non-hydrogen) atoms. The third-order valence-electron chi connectivity index (χ3n) is 2.94. The van der Waals surface area contributed by atoms with E-state index in [-0.39, 0.29) is 17.2 Å². The molecule has 2 nitrogen and oxygen atoms in total. The normalized spacial score (nSPS) is 11.2. The van der Waals surface area contributed by atoms with E-state index >= 15 is 0 Å². The average Bonchev–Trinajstić information content (AvgIpc) is 2.47. The SMILES string of the molecule is Fc1cc(C(F)(F)F)ccc1CNC(=S)Nc1ccccc1Cl. The van der Waals surface area contributed by atoms with Gasteiger partial charge in [-0.15, -0.1) is 0 Å². The van der Waals surface area contributed by atoms with Crippen molar-refractivity contribution < 1.29 is 17.6 Å². The minimum Gasteiger partial charge on any atom is -0.358 e. The summed E-state index contributed by atoms with van der Waals surface area (Å²) < 4.78 is 51.1. The summed E-state index contributed by atoms with van der Waals surface area (Å²) in [7, 11) is 0. The van der Waals surface area contributed by atoms with Crippen LogP contribution >= 0.6 is 23.8 Å². The van der Waals surface area contributed by atoms with Crippen molar-refractivity contribution in [1.82, 2.24) is 5.32 Å². The van der Waals surface area contributed by atoms with E-state index in [0.717, 1.165) is 12.1 Å². The summed E-state index contributed by atoms with van der Waals surface area (Å²) in [5.41, 5.74) is -0.392. The van der Waals surface area contributed by atoms with Crippen LogP contribution in [-0.4, -0.2) is 5.11 Å². The Morgan fingerprint density at radius 1 is 1.13 bits per heavy atom. The molecule has 0 fully saturated rings. The fourth-order valence-electron chi connectivity index (χ4n) is 1.77. The number of para-hydroxylation sites is 1. The van der Waals surface area contributed by atoms with Gasteiger partial charge in [0.1, 0.15) is 5.82 Å². The largest absolute Gasteiger partial charge is 0.416 e. The molecule has 0 bridgehead atoms. The van der Waals surface area contributed by atoms with Crippen LogP contribution in [-0.2, 0) is 12.7 Å². The molecule has 0 atom stereocenters. The van der Waals surface area contributed by atoms with E-state index < -0.39 is 17.6 Å². The Balaban J connectivity index is 1.98. The highest BCUT2D eigenvalue weighted by atomic mass is 35.5. The quantitative estimate of drug-likeness (QED) is 0.594. The first kappa shape index (κ1) is 17.5. The number of benzene rings is 2. The summed E-state index contributed by atoms with van der Waals surface area (Å²) in [4.78, 5) is 0. The van der Waals surface area contributed by atoms with Crippen LogP contribution in [0, 0.1) is 5.82 Å². The summed E-state index contributed by atoms with van der Waals surface area (Å²) in [5, 5.41) is 6.17. The second kappa shape index (κ2) is 7.14. The molecule has 8 heteroatoms. The van der Waals surface area contributed by atoms with Crippen molar-refractivity contribution in [2.24, 2.45) is 0 Å². The van der Waals surface area contributed by atoms with Crippen LogP contribution in [0.4, 0.5) is 23.2 Å². The van der Waals surface area contributed by atoms with E-state index in [0.29, 0.717) is 16.8 Å². The Bertz CT molecular complexity index is 719. The predicted molar refractivity (Wildman–Crippen MR) is 85.9 cm³/mol. The number of alkyl halides is 3. The predicted octanol–water partition coefficient (Wildman–Crippen LogP) is 4.98. The summed E-state index contributed by atoms with van der Waals surface area (Å²) in [6.07, 6.45) is -4.58. The molecule has 2 rings (SSSR count). The molecule has 122 valence electrons. The average molecular weight is 363 g/mol. The zero-order chi connectivity index (χ0) is 17.0. The van der Waals surface area contributed by atoms with Gasteiger partial charge >= 0.3 is 6.18 Å². The maximum absolute atomic E-state index is 13.7. The highest BCUT2D eigenvalue weighted by Crippen LogP contribution is 2.30. The third kappa shape index (κ3) is 4.80. The minimum atomic E-state index is -4.58. The smallest absolute Gasteiger partial charge is 0.358 e. The van der Waals surface area contributed by atoms with Crippen LogP contribution in [0.5, 0.6) is 0 Å². The van der Waals surface area contributed by atoms with Crippen LogP contribution in [0.2, 0.25) is 5.02 Å². The number of hydrogen-bond acceptors (Lipinski definition) is 1. The lowest BCUT2D eigenvalue weighted by Gasteiger charge is -2.13. The number of halogens is 5. The van der Waals surface area contributed by atoms with Crippen LogP contribution < -0.4 is 10.6 Å². The lowest BCUT2D eigenvalue weighted by atomic mass is 10.1. The van der Waals surface area contributed by atoms with Gasteiger partial charge in [0.25, 0.3) is 0 Å². The first-order valence-electron chi connectivity index (χ1n) is 6.42. The Labute approximate surface area is 140 Å². The van der Waals surface area contributed by atoms with Crippen molar-refractivity contribution in [3.63, 3.8) is 0 Å². The molecule has 0 amide bonds. The molecular formula is C15H11ClF4N2S. The van der Waals surface area contributed by atoms with E-state index in [1.54, 1.807) is 24.3 Å². The van der Waals surface area contributed by atoms with Gasteiger partial charge in [-0.3, -0.25) is 0 Å². The van der Waals surface area contributed by atoms with Gasteiger partial charge in [-0.1, -0.05) is 29.8 Å². The summed E-state index contributed by atoms with van der Waals surface area (Å²) in [5.74, 6) is -0.951. The molecule has 0 heterocycles. The van der Waals surface area contributed by atoms with Crippen molar-refractivity contribution in [1.29, 1.82) is 0 Å². The zero-order valence-electron chi connectivity index (χ0n) is 11.5. The zero-order valence-corrected chi connectivity index (χ0v) is 13.1. The molecule has 0 saturated heterocycles. The molecular weight excluding hydrogens is 352 g/mol. The van der Waals surface area contributed by atoms with E-state index in [1.165, 1.54) is 0 Å². The fraction of sp³-hybridized carbons (Fsp3) is 0.133. The van der Waals surface area contributed by atoms with Gasteiger partial charge in [-0.2, -0.15) is 13.2 Å². The maximum Gasteiger partial charge on any atom is 0.416 e. The van der Waals surface area contributed by atoms with Gasteiger partial charge in [0, 0.05) is 12.1 Å². The lowest BCUT2D eigenvalue weighted by Crippen LogP contribution is -2.28. The number of anilines is 1. The van der Waals surface area contributed by atoms with Crippen LogP contribution in [0.1, 0.15) is 11.1 Å². The second-order valence-corrected chi connectivity index (χ2v) is 5.41. The summed E-state index contributed by atoms with van der Waals surface area (Å²) in [6, 6.07) is 9.24. The number of hydrogen-bond donors (Lipinski definition) is 2. The molecule has 0 unspecified atom stereocenters. The van der Waals surface area contributed by atoms with E-state index in [2.05, 4.69) is 10.6 Å². The molecule has 0 aliphatic rings. The van der Waals surface area contributed by atoms with E-state index in [1.807, 2.05) is 0 Å². The van der Waals surface area contributed by atoms with Crippen molar-refractivity contribution in [2.75, 3.05) is 5.32 Å². The van der Waals surface area contributed by atoms with Crippen molar-refractivity contribution in [3.05, 3.63) is 64.4 Å². The molecule has 2 N–H and O–H groups in total. The maximum atomic E-state index is 13.7. The van der Waals surface area contributed by atoms with Crippen molar-refractivity contribution in [2.45, 2.75) is 12.7 Å². The van der Waals surface area contributed by atoms with Crippen molar-refractivity contribution >= 4 is 34.6 Å². The topological polar surface area (TPSA) is 24.1 Å². The molecule has 0 spiro atoms. The third-order valence-corrected chi connectivity index (χ3v) is 3.52. The van der Waals surface area contributed by atoms with E-state index in [9.17, 15) is 17.6 Å². The molecule has 0 saturated carbocycles. The van der Waals surface area contributed by atoms with Gasteiger partial charge in [0.2, 0.25) is 0 Å². The molecule has 2 aromatic rings. The Morgan fingerprint density at radius 3 is 2.43 bits per heavy atom. The molecule has 0 aliphatic heterocycles. The lowest BCUT2D eigenvalue weighted by molar-refractivity contribution is -0.137. The van der Waals surface area contributed by atoms with E-state index in [4.69, 9.17) is 23.8 Å². The number of rotatable bonds is 3. The molecule has 0 aromatic heterocycles. The standard InChI is InChI=1S/C15H11ClF4N2S/c16-11-3-1-2-4-13(11)22-14(23)21-8-9-5-6-10(7-12(9)17)15(18,19)20/h1-7H,8H2,(H2,21,22,23). The van der Waals surface area contributed by atoms with Gasteiger partial charge in [-0.25, -0.2) is 4.39 Å². The van der Waals surface area contributed by atoms with Crippen LogP contribution in [0.15, 0.2) is 42.5 Å². The summed E-state index contributed by atoms with van der Waals surface area (Å²) >= 11 is 11.0. The first-order valence-corrected chi connectivity index (χ1v) is 7.21. The van der Waals surface area contributed by atoms with Gasteiger partial charge < -0.3 is 10.6 Å². The Hall–Kier alpha value is -1.86. The highest BCUT2D eigenvalue weighted by molar-refractivity contribution is 7.80. The second-order valence-electron chi connectivity index (χ2n) is 4.59. The van der Waals surface area contributed by atoms with Crippen LogP contribution in [0.25, 0.3) is 0 Å². The number of thiocarbonyl (C=S) groups is 1. The van der Waals surface area contributed by atoms with Crippen molar-refractivity contribution in [3.8, 4) is 0 Å². The van der Waals surface area contributed by atoms with Gasteiger partial charge in [0.05, 0.1) is 16.3 Å². The number of nitrogens with one attached hydrogen (secondary N) is 2. The molecule has 0 radical (unpaired) electrons. The monoisotopic (exact) mass is 362 g/mol. The summed E-state index contributed by atoms with van der Waals surface area (Å²) in [6.45, 7) is -0.0553. The Morgan fingerprint density at radius 2 is 1.83 bits per heavy atom. The highest BCUT2D eigenvalue weighted by Gasteiger charge is 2.31. The molecule has 0 aliphatic carbocycles. The minimum absolute atomic E-state index is 0.0553. The first-order chi connectivity index (χ1) is 10.8. The fourth-order valence-corrected chi connectivity index (χ4v) is 2.14. The molecule has 2 aromatic carbocycles. The Kier molecular flexibility index (Phi) is 5.43. The van der Waals surface area contributed by atoms with Crippen LogP contribution in [0.3, 0.4) is 0 Å². The van der Waals surface area contributed by atoms with Gasteiger partial charge in [-0.05, 0) is 36.5 Å². The van der Waals surface area contributed by atoms with Gasteiger partial charge in [0.15, 0.2) is 5.11 Å².